The molecule has 0 amide bonds. The van der Waals surface area contributed by atoms with E-state index in [1.165, 1.54) is 38.5 Å². The smallest absolute Gasteiger partial charge is 0.0255 e. The van der Waals surface area contributed by atoms with Gasteiger partial charge in [0.15, 0.2) is 0 Å². The molecule has 3 unspecified atom stereocenters. The molecule has 0 heterocycles. The minimum atomic E-state index is 0.690. The summed E-state index contributed by atoms with van der Waals surface area (Å²) in [6.07, 6.45) is 8.02. The van der Waals surface area contributed by atoms with Crippen LogP contribution >= 0.6 is 0 Å². The normalized spacial score (nSPS) is 29.8. The molecule has 0 aromatic heterocycles. The molecular weight excluding hydrogens is 256 g/mol. The molecule has 0 saturated heterocycles. The van der Waals surface area contributed by atoms with Crippen LogP contribution in [0.1, 0.15) is 56.9 Å². The Morgan fingerprint density at radius 2 is 1.86 bits per heavy atom. The van der Waals surface area contributed by atoms with Crippen molar-refractivity contribution in [1.82, 2.24) is 10.2 Å². The highest BCUT2D eigenvalue weighted by molar-refractivity contribution is 5.21. The van der Waals surface area contributed by atoms with Crippen LogP contribution in [0.4, 0.5) is 0 Å². The van der Waals surface area contributed by atoms with Gasteiger partial charge in [0, 0.05) is 18.1 Å². The molecule has 2 aliphatic carbocycles. The average molecular weight is 286 g/mol. The fourth-order valence-corrected chi connectivity index (χ4v) is 3.95. The molecule has 1 aromatic carbocycles. The summed E-state index contributed by atoms with van der Waals surface area (Å²) >= 11 is 0. The van der Waals surface area contributed by atoms with Crippen molar-refractivity contribution in [1.29, 1.82) is 0 Å². The largest absolute Gasteiger partial charge is 0.312 e. The molecule has 21 heavy (non-hydrogen) atoms. The van der Waals surface area contributed by atoms with Crippen LogP contribution in [0.15, 0.2) is 30.3 Å². The number of nitrogens with zero attached hydrogens (tertiary/aromatic N) is 1. The molecule has 0 bridgehead atoms. The summed E-state index contributed by atoms with van der Waals surface area (Å²) in [6, 6.07) is 13.4. The van der Waals surface area contributed by atoms with Crippen molar-refractivity contribution >= 4 is 0 Å². The number of nitrogens with one attached hydrogen (secondary N) is 1. The zero-order chi connectivity index (χ0) is 14.7. The van der Waals surface area contributed by atoms with Gasteiger partial charge in [0.05, 0.1) is 0 Å². The first-order chi connectivity index (χ1) is 10.3. The second kappa shape index (κ2) is 6.93. The van der Waals surface area contributed by atoms with E-state index in [2.05, 4.69) is 54.5 Å². The van der Waals surface area contributed by atoms with Crippen LogP contribution in [0, 0.1) is 0 Å². The molecular formula is C19H30N2. The molecule has 2 aliphatic rings. The molecule has 2 saturated carbocycles. The van der Waals surface area contributed by atoms with E-state index in [4.69, 9.17) is 0 Å². The predicted molar refractivity (Wildman–Crippen MR) is 89.7 cm³/mol. The van der Waals surface area contributed by atoms with Crippen molar-refractivity contribution in [2.24, 2.45) is 0 Å². The van der Waals surface area contributed by atoms with E-state index in [1.54, 1.807) is 5.56 Å². The molecule has 1 N–H and O–H groups in total. The summed E-state index contributed by atoms with van der Waals surface area (Å²) in [7, 11) is 2.36. The quantitative estimate of drug-likeness (QED) is 0.856. The zero-order valence-electron chi connectivity index (χ0n) is 13.6. The number of likely N-dealkylation sites (N-methyl/N-ethyl adjacent to an activating group) is 1. The number of benzene rings is 1. The number of rotatable bonds is 6. The number of hydrogen-bond donors (Lipinski definition) is 1. The predicted octanol–water partition coefficient (Wildman–Crippen LogP) is 3.79. The maximum atomic E-state index is 3.82. The fraction of sp³-hybridized carbons (Fsp3) is 0.684. The van der Waals surface area contributed by atoms with E-state index < -0.39 is 0 Å². The summed E-state index contributed by atoms with van der Waals surface area (Å²) in [5, 5.41) is 3.82. The van der Waals surface area contributed by atoms with Crippen LogP contribution in [-0.2, 0) is 0 Å². The van der Waals surface area contributed by atoms with Crippen LogP contribution in [0.5, 0.6) is 0 Å². The van der Waals surface area contributed by atoms with Crippen molar-refractivity contribution < 1.29 is 0 Å². The Bertz CT molecular complexity index is 426. The van der Waals surface area contributed by atoms with Gasteiger partial charge < -0.3 is 5.32 Å². The highest BCUT2D eigenvalue weighted by atomic mass is 15.2. The molecule has 2 nitrogen and oxygen atoms in total. The standard InChI is InChI=1S/C19H30N2/c1-3-13-20-18-12-9-16(15-7-5-4-6-8-15)14-19(18)21(2)17-10-11-17/h4-8,16-20H,3,9-14H2,1-2H3. The van der Waals surface area contributed by atoms with Crippen LogP contribution < -0.4 is 5.32 Å². The van der Waals surface area contributed by atoms with Gasteiger partial charge in [-0.25, -0.2) is 0 Å². The minimum absolute atomic E-state index is 0.690. The van der Waals surface area contributed by atoms with Gasteiger partial charge in [-0.05, 0) is 63.6 Å². The van der Waals surface area contributed by atoms with Crippen molar-refractivity contribution in [2.45, 2.75) is 69.5 Å². The van der Waals surface area contributed by atoms with Gasteiger partial charge in [-0.3, -0.25) is 4.90 Å². The van der Waals surface area contributed by atoms with Gasteiger partial charge in [-0.15, -0.1) is 0 Å². The van der Waals surface area contributed by atoms with Crippen LogP contribution in [-0.4, -0.2) is 36.6 Å². The second-order valence-electron chi connectivity index (χ2n) is 6.95. The maximum Gasteiger partial charge on any atom is 0.0255 e. The second-order valence-corrected chi connectivity index (χ2v) is 6.95. The molecule has 3 atom stereocenters. The molecule has 2 heteroatoms. The Labute approximate surface area is 129 Å². The topological polar surface area (TPSA) is 15.3 Å². The number of hydrogen-bond acceptors (Lipinski definition) is 2. The van der Waals surface area contributed by atoms with Crippen molar-refractivity contribution in [2.75, 3.05) is 13.6 Å². The van der Waals surface area contributed by atoms with Gasteiger partial charge in [-0.1, -0.05) is 37.3 Å². The van der Waals surface area contributed by atoms with E-state index >= 15 is 0 Å². The first kappa shape index (κ1) is 15.1. The summed E-state index contributed by atoms with van der Waals surface area (Å²) in [4.78, 5) is 2.68. The monoisotopic (exact) mass is 286 g/mol. The van der Waals surface area contributed by atoms with E-state index in [9.17, 15) is 0 Å². The lowest BCUT2D eigenvalue weighted by Gasteiger charge is -2.42. The first-order valence-corrected chi connectivity index (χ1v) is 8.80. The van der Waals surface area contributed by atoms with E-state index in [1.807, 2.05) is 0 Å². The summed E-state index contributed by atoms with van der Waals surface area (Å²) in [5.74, 6) is 0.747. The third kappa shape index (κ3) is 3.67. The SMILES string of the molecule is CCCNC1CCC(c2ccccc2)CC1N(C)C1CC1. The minimum Gasteiger partial charge on any atom is -0.312 e. The Morgan fingerprint density at radius 3 is 2.52 bits per heavy atom. The van der Waals surface area contributed by atoms with Gasteiger partial charge >= 0.3 is 0 Å². The lowest BCUT2D eigenvalue weighted by Crippen LogP contribution is -2.52. The highest BCUT2D eigenvalue weighted by Gasteiger charge is 2.38. The average Bonchev–Trinajstić information content (AvgIpc) is 3.38. The van der Waals surface area contributed by atoms with Crippen molar-refractivity contribution in [3.63, 3.8) is 0 Å². The van der Waals surface area contributed by atoms with E-state index in [0.29, 0.717) is 12.1 Å². The van der Waals surface area contributed by atoms with E-state index in [0.717, 1.165) is 18.5 Å². The maximum absolute atomic E-state index is 3.82. The van der Waals surface area contributed by atoms with Crippen molar-refractivity contribution in [3.05, 3.63) is 35.9 Å². The Balaban J connectivity index is 1.69. The molecule has 0 spiro atoms. The Kier molecular flexibility index (Phi) is 4.97. The molecule has 0 radical (unpaired) electrons. The Hall–Kier alpha value is -0.860. The summed E-state index contributed by atoms with van der Waals surface area (Å²) in [6.45, 7) is 3.43. The lowest BCUT2D eigenvalue weighted by atomic mass is 9.78. The molecule has 116 valence electrons. The lowest BCUT2D eigenvalue weighted by molar-refractivity contribution is 0.132. The zero-order valence-corrected chi connectivity index (χ0v) is 13.6. The van der Waals surface area contributed by atoms with Gasteiger partial charge in [0.25, 0.3) is 0 Å². The van der Waals surface area contributed by atoms with Crippen LogP contribution in [0.25, 0.3) is 0 Å². The van der Waals surface area contributed by atoms with Crippen LogP contribution in [0.2, 0.25) is 0 Å². The van der Waals surface area contributed by atoms with Gasteiger partial charge in [-0.2, -0.15) is 0 Å². The molecule has 1 aromatic rings. The highest BCUT2D eigenvalue weighted by Crippen LogP contribution is 2.38. The summed E-state index contributed by atoms with van der Waals surface area (Å²) in [5.41, 5.74) is 1.54. The molecule has 0 aliphatic heterocycles. The van der Waals surface area contributed by atoms with E-state index in [-0.39, 0.29) is 0 Å². The van der Waals surface area contributed by atoms with Gasteiger partial charge in [0.2, 0.25) is 0 Å². The molecule has 3 rings (SSSR count). The third-order valence-corrected chi connectivity index (χ3v) is 5.39. The van der Waals surface area contributed by atoms with Crippen molar-refractivity contribution in [3.8, 4) is 0 Å². The molecule has 2 fully saturated rings. The third-order valence-electron chi connectivity index (χ3n) is 5.39. The van der Waals surface area contributed by atoms with Crippen LogP contribution in [0.3, 0.4) is 0 Å². The Morgan fingerprint density at radius 1 is 1.10 bits per heavy atom. The fourth-order valence-electron chi connectivity index (χ4n) is 3.95. The summed E-state index contributed by atoms with van der Waals surface area (Å²) < 4.78 is 0. The first-order valence-electron chi connectivity index (χ1n) is 8.80. The van der Waals surface area contributed by atoms with Gasteiger partial charge in [0.1, 0.15) is 0 Å².